The van der Waals surface area contributed by atoms with Crippen molar-refractivity contribution in [3.05, 3.63) is 35.9 Å². The Morgan fingerprint density at radius 1 is 0.452 bits per heavy atom. The van der Waals surface area contributed by atoms with Gasteiger partial charge in [-0.05, 0) is 12.0 Å². The zero-order valence-electron chi connectivity index (χ0n) is 20.8. The van der Waals surface area contributed by atoms with Gasteiger partial charge in [-0.25, -0.2) is 9.78 Å². The van der Waals surface area contributed by atoms with Gasteiger partial charge in [-0.15, -0.1) is 0 Å². The average Bonchev–Trinajstić information content (AvgIpc) is 2.80. The maximum atomic E-state index is 5.27. The summed E-state index contributed by atoms with van der Waals surface area (Å²) in [5.41, 5.74) is 1.16. The van der Waals surface area contributed by atoms with Gasteiger partial charge in [-0.3, -0.25) is 0 Å². The van der Waals surface area contributed by atoms with Gasteiger partial charge in [-0.2, -0.15) is 0 Å². The molecule has 0 amide bonds. The average molecular weight is 433 g/mol. The van der Waals surface area contributed by atoms with Crippen molar-refractivity contribution in [2.75, 3.05) is 6.61 Å². The summed E-state index contributed by atoms with van der Waals surface area (Å²) in [5, 5.41) is 0. The van der Waals surface area contributed by atoms with Gasteiger partial charge in [0, 0.05) is 0 Å². The van der Waals surface area contributed by atoms with Crippen LogP contribution in [0.3, 0.4) is 0 Å². The van der Waals surface area contributed by atoms with Crippen LogP contribution >= 0.6 is 0 Å². The van der Waals surface area contributed by atoms with Gasteiger partial charge in [0.05, 0.1) is 6.61 Å². The van der Waals surface area contributed by atoms with Crippen LogP contribution in [0.5, 0.6) is 0 Å². The molecular weight excluding hydrogens is 380 g/mol. The van der Waals surface area contributed by atoms with Crippen LogP contribution in [0.2, 0.25) is 0 Å². The van der Waals surface area contributed by atoms with Crippen LogP contribution < -0.4 is 0 Å². The molecule has 0 aliphatic carbocycles. The van der Waals surface area contributed by atoms with E-state index in [0.29, 0.717) is 13.2 Å². The molecule has 0 fully saturated rings. The molecule has 0 saturated heterocycles. The standard InChI is InChI=1S/C29H52O2/c1-2-3-4-5-6-7-8-9-10-11-12-13-14-15-16-17-18-19-20-24-27-30-31-28-29-25-22-21-23-26-29/h21-23,25-26H,2-20,24,27-28H2,1H3. The fourth-order valence-electron chi connectivity index (χ4n) is 4.16. The van der Waals surface area contributed by atoms with Crippen LogP contribution in [0, 0.1) is 0 Å². The van der Waals surface area contributed by atoms with E-state index in [1.165, 1.54) is 122 Å². The highest BCUT2D eigenvalue weighted by Gasteiger charge is 1.96. The molecule has 0 unspecified atom stereocenters. The summed E-state index contributed by atoms with van der Waals surface area (Å²) in [6, 6.07) is 10.2. The van der Waals surface area contributed by atoms with E-state index < -0.39 is 0 Å². The van der Waals surface area contributed by atoms with Crippen molar-refractivity contribution in [2.45, 2.75) is 142 Å². The molecular formula is C29H52O2. The van der Waals surface area contributed by atoms with E-state index >= 15 is 0 Å². The molecule has 180 valence electrons. The van der Waals surface area contributed by atoms with E-state index in [4.69, 9.17) is 9.78 Å². The molecule has 0 aromatic heterocycles. The third-order valence-electron chi connectivity index (χ3n) is 6.23. The monoisotopic (exact) mass is 432 g/mol. The third kappa shape index (κ3) is 20.8. The van der Waals surface area contributed by atoms with Crippen molar-refractivity contribution >= 4 is 0 Å². The topological polar surface area (TPSA) is 18.5 Å². The van der Waals surface area contributed by atoms with Crippen molar-refractivity contribution < 1.29 is 9.78 Å². The van der Waals surface area contributed by atoms with Crippen molar-refractivity contribution in [3.63, 3.8) is 0 Å². The number of hydrogen-bond donors (Lipinski definition) is 0. The summed E-state index contributed by atoms with van der Waals surface area (Å²) in [7, 11) is 0. The predicted molar refractivity (Wildman–Crippen MR) is 135 cm³/mol. The minimum absolute atomic E-state index is 0.542. The Hall–Kier alpha value is -0.860. The van der Waals surface area contributed by atoms with E-state index in [-0.39, 0.29) is 0 Å². The summed E-state index contributed by atoms with van der Waals surface area (Å²) in [5.74, 6) is 0. The van der Waals surface area contributed by atoms with Gasteiger partial charge >= 0.3 is 0 Å². The molecule has 0 N–H and O–H groups in total. The molecule has 1 aromatic carbocycles. The number of rotatable bonds is 24. The Labute approximate surface area is 194 Å². The molecule has 31 heavy (non-hydrogen) atoms. The number of unbranched alkanes of at least 4 members (excludes halogenated alkanes) is 19. The van der Waals surface area contributed by atoms with Crippen molar-refractivity contribution in [1.29, 1.82) is 0 Å². The van der Waals surface area contributed by atoms with E-state index in [9.17, 15) is 0 Å². The molecule has 0 aliphatic heterocycles. The van der Waals surface area contributed by atoms with Gasteiger partial charge in [0.15, 0.2) is 0 Å². The molecule has 0 spiro atoms. The second-order valence-corrected chi connectivity index (χ2v) is 9.29. The largest absolute Gasteiger partial charge is 0.236 e. The minimum Gasteiger partial charge on any atom is -0.236 e. The minimum atomic E-state index is 0.542. The second-order valence-electron chi connectivity index (χ2n) is 9.29. The lowest BCUT2D eigenvalue weighted by molar-refractivity contribution is -0.304. The van der Waals surface area contributed by atoms with Crippen LogP contribution in [-0.4, -0.2) is 6.61 Å². The molecule has 2 heteroatoms. The van der Waals surface area contributed by atoms with Gasteiger partial charge in [0.25, 0.3) is 0 Å². The van der Waals surface area contributed by atoms with Crippen molar-refractivity contribution in [1.82, 2.24) is 0 Å². The molecule has 2 nitrogen and oxygen atoms in total. The molecule has 1 aromatic rings. The van der Waals surface area contributed by atoms with Crippen LogP contribution in [0.1, 0.15) is 141 Å². The molecule has 0 saturated carbocycles. The first-order valence-corrected chi connectivity index (χ1v) is 13.7. The van der Waals surface area contributed by atoms with E-state index in [2.05, 4.69) is 19.1 Å². The SMILES string of the molecule is CCCCCCCCCCCCCCCCCCCCCCOOCc1ccccc1. The quantitative estimate of drug-likeness (QED) is 0.0918. The number of hydrogen-bond acceptors (Lipinski definition) is 2. The molecule has 0 radical (unpaired) electrons. The first kappa shape index (κ1) is 28.2. The highest BCUT2D eigenvalue weighted by atomic mass is 17.2. The highest BCUT2D eigenvalue weighted by molar-refractivity contribution is 5.13. The Kier molecular flexibility index (Phi) is 21.6. The van der Waals surface area contributed by atoms with E-state index in [1.54, 1.807) is 0 Å². The Morgan fingerprint density at radius 2 is 0.839 bits per heavy atom. The van der Waals surface area contributed by atoms with Crippen LogP contribution in [0.25, 0.3) is 0 Å². The zero-order chi connectivity index (χ0) is 22.1. The third-order valence-corrected chi connectivity index (χ3v) is 6.23. The van der Waals surface area contributed by atoms with Crippen LogP contribution in [-0.2, 0) is 16.4 Å². The smallest absolute Gasteiger partial charge is 0.107 e. The molecule has 0 aliphatic rings. The lowest BCUT2D eigenvalue weighted by Crippen LogP contribution is -1.97. The Balaban J connectivity index is 1.65. The summed E-state index contributed by atoms with van der Waals surface area (Å²) in [6.07, 6.45) is 28.2. The fourth-order valence-corrected chi connectivity index (χ4v) is 4.16. The van der Waals surface area contributed by atoms with Gasteiger partial charge in [-0.1, -0.05) is 159 Å². The van der Waals surface area contributed by atoms with E-state index in [1.807, 2.05) is 18.2 Å². The summed E-state index contributed by atoms with van der Waals surface area (Å²) in [6.45, 7) is 3.55. The van der Waals surface area contributed by atoms with Gasteiger partial charge in [0.1, 0.15) is 6.61 Å². The summed E-state index contributed by atoms with van der Waals surface area (Å²) in [4.78, 5) is 10.5. The second kappa shape index (κ2) is 23.8. The summed E-state index contributed by atoms with van der Waals surface area (Å²) < 4.78 is 0. The molecule has 0 atom stereocenters. The van der Waals surface area contributed by atoms with Crippen LogP contribution in [0.15, 0.2) is 30.3 Å². The molecule has 1 rings (SSSR count). The molecule has 0 heterocycles. The fraction of sp³-hybridized carbons (Fsp3) is 0.793. The first-order valence-electron chi connectivity index (χ1n) is 13.7. The first-order chi connectivity index (χ1) is 15.4. The maximum Gasteiger partial charge on any atom is 0.107 e. The predicted octanol–water partition coefficient (Wildman–Crippen LogP) is 9.96. The van der Waals surface area contributed by atoms with Crippen molar-refractivity contribution in [2.24, 2.45) is 0 Å². The molecule has 0 bridgehead atoms. The zero-order valence-corrected chi connectivity index (χ0v) is 20.8. The normalized spacial score (nSPS) is 11.3. The maximum absolute atomic E-state index is 5.27. The van der Waals surface area contributed by atoms with Gasteiger partial charge < -0.3 is 0 Å². The van der Waals surface area contributed by atoms with Gasteiger partial charge in [0.2, 0.25) is 0 Å². The lowest BCUT2D eigenvalue weighted by Gasteiger charge is -2.05. The van der Waals surface area contributed by atoms with Crippen LogP contribution in [0.4, 0.5) is 0 Å². The highest BCUT2D eigenvalue weighted by Crippen LogP contribution is 2.14. The summed E-state index contributed by atoms with van der Waals surface area (Å²) >= 11 is 0. The van der Waals surface area contributed by atoms with E-state index in [0.717, 1.165) is 12.0 Å². The number of benzene rings is 1. The Morgan fingerprint density at radius 3 is 1.26 bits per heavy atom. The lowest BCUT2D eigenvalue weighted by atomic mass is 10.0. The Bertz CT molecular complexity index is 445. The van der Waals surface area contributed by atoms with Crippen molar-refractivity contribution in [3.8, 4) is 0 Å².